The Hall–Kier alpha value is -0.830. The Kier molecular flexibility index (Phi) is 17.4. The topological polar surface area (TPSA) is 46.5 Å². The van der Waals surface area contributed by atoms with E-state index >= 15 is 0 Å². The van der Waals surface area contributed by atoms with Crippen LogP contribution in [-0.2, 0) is 9.53 Å². The first-order chi connectivity index (χ1) is 12.1. The summed E-state index contributed by atoms with van der Waals surface area (Å²) in [5, 5.41) is 10.0. The van der Waals surface area contributed by atoms with Gasteiger partial charge in [-0.1, -0.05) is 90.6 Å². The van der Waals surface area contributed by atoms with Crippen molar-refractivity contribution in [2.24, 2.45) is 0 Å². The highest BCUT2D eigenvalue weighted by Crippen LogP contribution is 2.14. The zero-order chi connectivity index (χ0) is 18.8. The van der Waals surface area contributed by atoms with Crippen LogP contribution in [0.1, 0.15) is 110 Å². The number of ether oxygens (including phenoxy) is 1. The average Bonchev–Trinajstić information content (AvgIpc) is 2.59. The highest BCUT2D eigenvalue weighted by atomic mass is 16.5. The smallest absolute Gasteiger partial charge is 0.333 e. The molecule has 148 valence electrons. The second kappa shape index (κ2) is 18.0. The molecule has 0 saturated carbocycles. The second-order valence-electron chi connectivity index (χ2n) is 7.39. The van der Waals surface area contributed by atoms with E-state index in [9.17, 15) is 9.90 Å². The molecule has 0 aromatic heterocycles. The maximum Gasteiger partial charge on any atom is 0.333 e. The summed E-state index contributed by atoms with van der Waals surface area (Å²) in [6.45, 7) is 7.96. The Bertz CT molecular complexity index is 325. The maximum absolute atomic E-state index is 11.2. The van der Waals surface area contributed by atoms with Gasteiger partial charge in [0.15, 0.2) is 0 Å². The fraction of sp³-hybridized carbons (Fsp3) is 0.864. The molecule has 1 unspecified atom stereocenters. The first kappa shape index (κ1) is 24.2. The monoisotopic (exact) mass is 354 g/mol. The van der Waals surface area contributed by atoms with E-state index in [1.807, 2.05) is 0 Å². The molecular weight excluding hydrogens is 312 g/mol. The summed E-state index contributed by atoms with van der Waals surface area (Å²) >= 11 is 0. The highest BCUT2D eigenvalue weighted by molar-refractivity contribution is 5.86. The minimum absolute atomic E-state index is 0.134. The van der Waals surface area contributed by atoms with Crippen LogP contribution in [0.3, 0.4) is 0 Å². The number of aliphatic hydroxyl groups excluding tert-OH is 1. The molecule has 0 rings (SSSR count). The van der Waals surface area contributed by atoms with Crippen LogP contribution in [0, 0.1) is 0 Å². The lowest BCUT2D eigenvalue weighted by molar-refractivity contribution is -0.139. The first-order valence-corrected chi connectivity index (χ1v) is 10.6. The van der Waals surface area contributed by atoms with Gasteiger partial charge in [-0.25, -0.2) is 4.79 Å². The summed E-state index contributed by atoms with van der Waals surface area (Å²) < 4.78 is 5.06. The summed E-state index contributed by atoms with van der Waals surface area (Å²) in [4.78, 5) is 11.2. The van der Waals surface area contributed by atoms with E-state index < -0.39 is 0 Å². The summed E-state index contributed by atoms with van der Waals surface area (Å²) in [6, 6.07) is 0. The molecule has 0 aromatic rings. The van der Waals surface area contributed by atoms with E-state index in [2.05, 4.69) is 13.5 Å². The largest absolute Gasteiger partial charge is 0.462 e. The van der Waals surface area contributed by atoms with Gasteiger partial charge in [0, 0.05) is 5.57 Å². The Morgan fingerprint density at radius 3 is 1.76 bits per heavy atom. The van der Waals surface area contributed by atoms with E-state index in [-0.39, 0.29) is 12.1 Å². The molecule has 0 bridgehead atoms. The minimum atomic E-state index is -0.295. The molecule has 0 spiro atoms. The standard InChI is InChI=1S/C22H42O3/c1-4-5-6-7-8-9-10-11-14-17-21(23)18-15-12-13-16-19-25-22(24)20(2)3/h21,23H,2,4-19H2,1,3H3. The number of rotatable bonds is 18. The number of carbonyl (C=O) groups excluding carboxylic acids is 1. The van der Waals surface area contributed by atoms with Gasteiger partial charge in [0.1, 0.15) is 0 Å². The molecule has 0 heterocycles. The SMILES string of the molecule is C=C(C)C(=O)OCCCCCCC(O)CCCCCCCCCCC. The molecule has 0 amide bonds. The molecule has 0 fully saturated rings. The Morgan fingerprint density at radius 2 is 1.28 bits per heavy atom. The molecule has 0 radical (unpaired) electrons. The van der Waals surface area contributed by atoms with Gasteiger partial charge in [-0.3, -0.25) is 0 Å². The van der Waals surface area contributed by atoms with Crippen molar-refractivity contribution in [1.29, 1.82) is 0 Å². The zero-order valence-electron chi connectivity index (χ0n) is 16.9. The van der Waals surface area contributed by atoms with Crippen LogP contribution < -0.4 is 0 Å². The number of unbranched alkanes of at least 4 members (excludes halogenated alkanes) is 11. The van der Waals surface area contributed by atoms with Crippen molar-refractivity contribution in [3.8, 4) is 0 Å². The Morgan fingerprint density at radius 1 is 0.840 bits per heavy atom. The predicted molar refractivity (Wildman–Crippen MR) is 107 cm³/mol. The number of esters is 1. The third-order valence-corrected chi connectivity index (χ3v) is 4.65. The summed E-state index contributed by atoms with van der Waals surface area (Å²) in [6.07, 6.45) is 17.8. The van der Waals surface area contributed by atoms with Crippen molar-refractivity contribution in [2.45, 2.75) is 116 Å². The van der Waals surface area contributed by atoms with Gasteiger partial charge >= 0.3 is 5.97 Å². The fourth-order valence-corrected chi connectivity index (χ4v) is 2.96. The van der Waals surface area contributed by atoms with Gasteiger partial charge < -0.3 is 9.84 Å². The molecule has 0 saturated heterocycles. The van der Waals surface area contributed by atoms with Crippen LogP contribution in [0.15, 0.2) is 12.2 Å². The van der Waals surface area contributed by atoms with Crippen molar-refractivity contribution < 1.29 is 14.6 Å². The number of aliphatic hydroxyl groups is 1. The van der Waals surface area contributed by atoms with Gasteiger partial charge in [-0.05, 0) is 26.2 Å². The van der Waals surface area contributed by atoms with Gasteiger partial charge in [0.25, 0.3) is 0 Å². The lowest BCUT2D eigenvalue weighted by Crippen LogP contribution is -2.07. The highest BCUT2D eigenvalue weighted by Gasteiger charge is 2.05. The molecule has 0 aliphatic carbocycles. The van der Waals surface area contributed by atoms with Crippen molar-refractivity contribution in [3.05, 3.63) is 12.2 Å². The Labute approximate surface area is 156 Å². The van der Waals surface area contributed by atoms with Gasteiger partial charge in [0.2, 0.25) is 0 Å². The molecule has 0 aliphatic heterocycles. The molecule has 0 aromatic carbocycles. The van der Waals surface area contributed by atoms with E-state index in [0.717, 1.165) is 44.9 Å². The molecule has 1 atom stereocenters. The van der Waals surface area contributed by atoms with Crippen LogP contribution >= 0.6 is 0 Å². The first-order valence-electron chi connectivity index (χ1n) is 10.6. The van der Waals surface area contributed by atoms with E-state index in [1.54, 1.807) is 6.92 Å². The summed E-state index contributed by atoms with van der Waals surface area (Å²) in [5.41, 5.74) is 0.458. The summed E-state index contributed by atoms with van der Waals surface area (Å²) in [7, 11) is 0. The molecule has 3 nitrogen and oxygen atoms in total. The van der Waals surface area contributed by atoms with Crippen LogP contribution in [0.25, 0.3) is 0 Å². The van der Waals surface area contributed by atoms with E-state index in [1.165, 1.54) is 51.4 Å². The quantitative estimate of drug-likeness (QED) is 0.177. The maximum atomic E-state index is 11.2. The van der Waals surface area contributed by atoms with E-state index in [0.29, 0.717) is 12.2 Å². The predicted octanol–water partition coefficient (Wildman–Crippen LogP) is 6.34. The molecular formula is C22H42O3. The van der Waals surface area contributed by atoms with Crippen LogP contribution in [0.4, 0.5) is 0 Å². The third kappa shape index (κ3) is 17.8. The van der Waals surface area contributed by atoms with Crippen molar-refractivity contribution >= 4 is 5.97 Å². The van der Waals surface area contributed by atoms with Crippen molar-refractivity contribution in [1.82, 2.24) is 0 Å². The normalized spacial score (nSPS) is 12.1. The van der Waals surface area contributed by atoms with Gasteiger partial charge in [-0.2, -0.15) is 0 Å². The zero-order valence-corrected chi connectivity index (χ0v) is 16.9. The second-order valence-corrected chi connectivity index (χ2v) is 7.39. The fourth-order valence-electron chi connectivity index (χ4n) is 2.96. The van der Waals surface area contributed by atoms with Crippen LogP contribution in [0.2, 0.25) is 0 Å². The van der Waals surface area contributed by atoms with Crippen molar-refractivity contribution in [2.75, 3.05) is 6.61 Å². The molecule has 3 heteroatoms. The average molecular weight is 355 g/mol. The van der Waals surface area contributed by atoms with Gasteiger partial charge in [-0.15, -0.1) is 0 Å². The summed E-state index contributed by atoms with van der Waals surface area (Å²) in [5.74, 6) is -0.295. The number of carbonyl (C=O) groups is 1. The number of hydrogen-bond acceptors (Lipinski definition) is 3. The molecule has 25 heavy (non-hydrogen) atoms. The molecule has 0 aliphatic rings. The van der Waals surface area contributed by atoms with Crippen molar-refractivity contribution in [3.63, 3.8) is 0 Å². The Balaban J connectivity index is 3.24. The van der Waals surface area contributed by atoms with Gasteiger partial charge in [0.05, 0.1) is 12.7 Å². The molecule has 1 N–H and O–H groups in total. The van der Waals surface area contributed by atoms with Crippen LogP contribution in [0.5, 0.6) is 0 Å². The van der Waals surface area contributed by atoms with E-state index in [4.69, 9.17) is 4.74 Å². The number of hydrogen-bond donors (Lipinski definition) is 1. The lowest BCUT2D eigenvalue weighted by atomic mass is 10.0. The minimum Gasteiger partial charge on any atom is -0.462 e. The lowest BCUT2D eigenvalue weighted by Gasteiger charge is -2.10. The third-order valence-electron chi connectivity index (χ3n) is 4.65. The van der Waals surface area contributed by atoms with Crippen LogP contribution in [-0.4, -0.2) is 23.8 Å².